The van der Waals surface area contributed by atoms with Crippen molar-refractivity contribution in [2.24, 2.45) is 5.41 Å². The number of halogens is 1. The van der Waals surface area contributed by atoms with Crippen molar-refractivity contribution in [1.82, 2.24) is 0 Å². The number of anilines is 1. The van der Waals surface area contributed by atoms with E-state index in [1.165, 1.54) is 18.2 Å². The number of hydrogen-bond donors (Lipinski definition) is 2. The average molecular weight is 223 g/mol. The number of nitrogens with one attached hydrogen (secondary N) is 1. The first-order chi connectivity index (χ1) is 7.42. The normalized spacial score (nSPS) is 21.6. The second-order valence-corrected chi connectivity index (χ2v) is 4.86. The van der Waals surface area contributed by atoms with E-state index in [-0.39, 0.29) is 22.7 Å². The van der Waals surface area contributed by atoms with Gasteiger partial charge in [-0.25, -0.2) is 9.18 Å². The summed E-state index contributed by atoms with van der Waals surface area (Å²) in [5.41, 5.74) is 0.214. The lowest BCUT2D eigenvalue weighted by atomic mass is 10.1. The molecular weight excluding hydrogens is 209 g/mol. The summed E-state index contributed by atoms with van der Waals surface area (Å²) in [4.78, 5) is 10.9. The number of para-hydroxylation sites is 1. The molecule has 1 fully saturated rings. The highest BCUT2D eigenvalue weighted by Gasteiger charge is 2.46. The van der Waals surface area contributed by atoms with Gasteiger partial charge >= 0.3 is 5.97 Å². The first-order valence-corrected chi connectivity index (χ1v) is 5.20. The minimum absolute atomic E-state index is 0.0114. The summed E-state index contributed by atoms with van der Waals surface area (Å²) in [6.07, 6.45) is 0.931. The van der Waals surface area contributed by atoms with Gasteiger partial charge in [0.1, 0.15) is 5.82 Å². The van der Waals surface area contributed by atoms with Gasteiger partial charge in [0.25, 0.3) is 0 Å². The average Bonchev–Trinajstić information content (AvgIpc) is 2.77. The minimum atomic E-state index is -1.11. The Hall–Kier alpha value is -1.58. The lowest BCUT2D eigenvalue weighted by Crippen LogP contribution is -2.13. The Morgan fingerprint density at radius 1 is 1.56 bits per heavy atom. The Labute approximate surface area is 93.3 Å². The third-order valence-electron chi connectivity index (χ3n) is 3.08. The van der Waals surface area contributed by atoms with Gasteiger partial charge in [-0.15, -0.1) is 0 Å². The van der Waals surface area contributed by atoms with Crippen molar-refractivity contribution in [1.29, 1.82) is 0 Å². The molecule has 0 bridgehead atoms. The molecule has 1 aliphatic rings. The summed E-state index contributed by atoms with van der Waals surface area (Å²) in [5, 5.41) is 11.9. The summed E-state index contributed by atoms with van der Waals surface area (Å²) >= 11 is 0. The molecule has 1 saturated carbocycles. The van der Waals surface area contributed by atoms with E-state index < -0.39 is 11.8 Å². The quantitative estimate of drug-likeness (QED) is 0.828. The number of aromatic carboxylic acids is 1. The van der Waals surface area contributed by atoms with E-state index in [4.69, 9.17) is 5.11 Å². The van der Waals surface area contributed by atoms with Crippen LogP contribution in [0.25, 0.3) is 0 Å². The summed E-state index contributed by atoms with van der Waals surface area (Å²) in [6.45, 7) is 4.12. The Balaban J connectivity index is 2.29. The van der Waals surface area contributed by atoms with Crippen LogP contribution in [-0.4, -0.2) is 17.1 Å². The van der Waals surface area contributed by atoms with Gasteiger partial charge in [-0.2, -0.15) is 0 Å². The summed E-state index contributed by atoms with van der Waals surface area (Å²) in [6, 6.07) is 4.23. The van der Waals surface area contributed by atoms with Crippen molar-refractivity contribution in [3.63, 3.8) is 0 Å². The monoisotopic (exact) mass is 223 g/mol. The van der Waals surface area contributed by atoms with Crippen molar-refractivity contribution in [2.45, 2.75) is 26.3 Å². The van der Waals surface area contributed by atoms with Crippen LogP contribution in [0.5, 0.6) is 0 Å². The van der Waals surface area contributed by atoms with Crippen LogP contribution >= 0.6 is 0 Å². The zero-order chi connectivity index (χ0) is 11.9. The minimum Gasteiger partial charge on any atom is -0.478 e. The molecule has 0 aliphatic heterocycles. The van der Waals surface area contributed by atoms with Gasteiger partial charge in [-0.3, -0.25) is 0 Å². The fourth-order valence-corrected chi connectivity index (χ4v) is 1.74. The van der Waals surface area contributed by atoms with Crippen LogP contribution in [0.4, 0.5) is 10.1 Å². The number of benzene rings is 1. The fourth-order valence-electron chi connectivity index (χ4n) is 1.74. The van der Waals surface area contributed by atoms with E-state index in [1.54, 1.807) is 0 Å². The van der Waals surface area contributed by atoms with Gasteiger partial charge in [-0.1, -0.05) is 19.9 Å². The lowest BCUT2D eigenvalue weighted by Gasteiger charge is -2.11. The summed E-state index contributed by atoms with van der Waals surface area (Å²) in [5.74, 6) is -1.62. The zero-order valence-electron chi connectivity index (χ0n) is 9.25. The van der Waals surface area contributed by atoms with Crippen molar-refractivity contribution < 1.29 is 14.3 Å². The summed E-state index contributed by atoms with van der Waals surface area (Å²) < 4.78 is 13.5. The second-order valence-electron chi connectivity index (χ2n) is 4.86. The van der Waals surface area contributed by atoms with Crippen LogP contribution in [0.1, 0.15) is 30.6 Å². The second kappa shape index (κ2) is 3.47. The molecule has 0 saturated heterocycles. The third-order valence-corrected chi connectivity index (χ3v) is 3.08. The van der Waals surface area contributed by atoms with Gasteiger partial charge in [0.15, 0.2) is 0 Å². The maximum absolute atomic E-state index is 13.5. The maximum atomic E-state index is 13.5. The standard InChI is InChI=1S/C12H14FNO2/c1-12(2)6-9(12)14-10-7(11(15)16)4-3-5-8(10)13/h3-5,9,14H,6H2,1-2H3,(H,15,16). The van der Waals surface area contributed by atoms with Crippen LogP contribution < -0.4 is 5.32 Å². The van der Waals surface area contributed by atoms with Crippen LogP contribution in [0.15, 0.2) is 18.2 Å². The molecule has 1 aromatic carbocycles. The molecular formula is C12H14FNO2. The first-order valence-electron chi connectivity index (χ1n) is 5.20. The molecule has 0 aromatic heterocycles. The van der Waals surface area contributed by atoms with E-state index in [0.717, 1.165) is 6.42 Å². The van der Waals surface area contributed by atoms with E-state index in [9.17, 15) is 9.18 Å². The van der Waals surface area contributed by atoms with Gasteiger partial charge in [0.2, 0.25) is 0 Å². The molecule has 1 aromatic rings. The van der Waals surface area contributed by atoms with Crippen molar-refractivity contribution in [2.75, 3.05) is 5.32 Å². The Bertz CT molecular complexity index is 443. The highest BCUT2D eigenvalue weighted by molar-refractivity contribution is 5.94. The topological polar surface area (TPSA) is 49.3 Å². The van der Waals surface area contributed by atoms with Crippen LogP contribution in [-0.2, 0) is 0 Å². The van der Waals surface area contributed by atoms with Crippen LogP contribution in [0.2, 0.25) is 0 Å². The number of rotatable bonds is 3. The fraction of sp³-hybridized carbons (Fsp3) is 0.417. The van der Waals surface area contributed by atoms with Gasteiger partial charge < -0.3 is 10.4 Å². The molecule has 4 heteroatoms. The highest BCUT2D eigenvalue weighted by Crippen LogP contribution is 2.47. The predicted octanol–water partition coefficient (Wildman–Crippen LogP) is 2.73. The molecule has 1 unspecified atom stereocenters. The molecule has 0 amide bonds. The molecule has 0 heterocycles. The lowest BCUT2D eigenvalue weighted by molar-refractivity contribution is 0.0697. The zero-order valence-corrected chi connectivity index (χ0v) is 9.25. The van der Waals surface area contributed by atoms with Gasteiger partial charge in [0.05, 0.1) is 11.3 Å². The molecule has 86 valence electrons. The summed E-state index contributed by atoms with van der Waals surface area (Å²) in [7, 11) is 0. The van der Waals surface area contributed by atoms with Crippen molar-refractivity contribution >= 4 is 11.7 Å². The smallest absolute Gasteiger partial charge is 0.337 e. The number of carboxylic acid groups (broad SMARTS) is 1. The van der Waals surface area contributed by atoms with Gasteiger partial charge in [0, 0.05) is 6.04 Å². The third kappa shape index (κ3) is 1.87. The maximum Gasteiger partial charge on any atom is 0.337 e. The molecule has 3 nitrogen and oxygen atoms in total. The molecule has 1 atom stereocenters. The van der Waals surface area contributed by atoms with Crippen molar-refractivity contribution in [3.8, 4) is 0 Å². The highest BCUT2D eigenvalue weighted by atomic mass is 19.1. The SMILES string of the molecule is CC1(C)CC1Nc1c(F)cccc1C(=O)O. The molecule has 2 N–H and O–H groups in total. The first kappa shape index (κ1) is 10.9. The van der Waals surface area contributed by atoms with Crippen LogP contribution in [0, 0.1) is 11.2 Å². The Kier molecular flexibility index (Phi) is 2.37. The predicted molar refractivity (Wildman–Crippen MR) is 59.2 cm³/mol. The Morgan fingerprint density at radius 3 is 2.69 bits per heavy atom. The molecule has 2 rings (SSSR count). The van der Waals surface area contributed by atoms with E-state index in [0.29, 0.717) is 0 Å². The number of hydrogen-bond acceptors (Lipinski definition) is 2. The Morgan fingerprint density at radius 2 is 2.19 bits per heavy atom. The molecule has 0 spiro atoms. The van der Waals surface area contributed by atoms with Gasteiger partial charge in [-0.05, 0) is 24.0 Å². The largest absolute Gasteiger partial charge is 0.478 e. The molecule has 1 aliphatic carbocycles. The molecule has 0 radical (unpaired) electrons. The van der Waals surface area contributed by atoms with Crippen LogP contribution in [0.3, 0.4) is 0 Å². The number of carbonyl (C=O) groups is 1. The molecule has 16 heavy (non-hydrogen) atoms. The van der Waals surface area contributed by atoms with E-state index >= 15 is 0 Å². The van der Waals surface area contributed by atoms with E-state index in [1.807, 2.05) is 0 Å². The number of carboxylic acids is 1. The van der Waals surface area contributed by atoms with E-state index in [2.05, 4.69) is 19.2 Å². The van der Waals surface area contributed by atoms with Crippen molar-refractivity contribution in [3.05, 3.63) is 29.6 Å².